The Kier molecular flexibility index (Phi) is 3.36. The highest BCUT2D eigenvalue weighted by molar-refractivity contribution is 6.30. The third-order valence-electron chi connectivity index (χ3n) is 3.62. The van der Waals surface area contributed by atoms with Crippen molar-refractivity contribution >= 4 is 23.2 Å². The van der Waals surface area contributed by atoms with Crippen molar-refractivity contribution in [3.63, 3.8) is 0 Å². The summed E-state index contributed by atoms with van der Waals surface area (Å²) in [7, 11) is 0. The Morgan fingerprint density at radius 2 is 1.85 bits per heavy atom. The summed E-state index contributed by atoms with van der Waals surface area (Å²) in [5, 5.41) is 0.637. The van der Waals surface area contributed by atoms with Gasteiger partial charge in [0.25, 0.3) is 5.91 Å². The molecule has 3 nitrogen and oxygen atoms in total. The topological polar surface area (TPSA) is 46.3 Å². The molecule has 2 N–H and O–H groups in total. The van der Waals surface area contributed by atoms with E-state index < -0.39 is 0 Å². The van der Waals surface area contributed by atoms with Crippen LogP contribution in [-0.2, 0) is 13.0 Å². The highest BCUT2D eigenvalue weighted by atomic mass is 35.5. The molecule has 2 aromatic rings. The lowest BCUT2D eigenvalue weighted by atomic mass is 9.98. The number of nitrogens with zero attached hydrogens (tertiary/aromatic N) is 1. The predicted molar refractivity (Wildman–Crippen MR) is 80.8 cm³/mol. The molecule has 1 aliphatic rings. The number of amides is 1. The third kappa shape index (κ3) is 2.49. The molecule has 0 radical (unpaired) electrons. The van der Waals surface area contributed by atoms with Gasteiger partial charge < -0.3 is 10.6 Å². The van der Waals surface area contributed by atoms with Crippen LogP contribution in [0.15, 0.2) is 42.5 Å². The van der Waals surface area contributed by atoms with Crippen LogP contribution in [0.4, 0.5) is 5.69 Å². The van der Waals surface area contributed by atoms with Crippen LogP contribution in [0.1, 0.15) is 21.5 Å². The fourth-order valence-electron chi connectivity index (χ4n) is 2.53. The van der Waals surface area contributed by atoms with Crippen LogP contribution in [0.3, 0.4) is 0 Å². The number of carbonyl (C=O) groups excluding carboxylic acids is 1. The first-order valence-corrected chi connectivity index (χ1v) is 6.93. The minimum Gasteiger partial charge on any atom is -0.399 e. The smallest absolute Gasteiger partial charge is 0.254 e. The number of nitrogens with two attached hydrogens (primary N) is 1. The van der Waals surface area contributed by atoms with E-state index in [0.29, 0.717) is 17.1 Å². The zero-order chi connectivity index (χ0) is 14.1. The molecular formula is C16H15ClN2O. The van der Waals surface area contributed by atoms with Gasteiger partial charge in [0.05, 0.1) is 0 Å². The Balaban J connectivity index is 1.82. The summed E-state index contributed by atoms with van der Waals surface area (Å²) < 4.78 is 0. The van der Waals surface area contributed by atoms with Crippen molar-refractivity contribution in [1.29, 1.82) is 0 Å². The Bertz CT molecular complexity index is 652. The number of hydrogen-bond acceptors (Lipinski definition) is 2. The molecule has 0 saturated carbocycles. The van der Waals surface area contributed by atoms with Crippen molar-refractivity contribution in [2.75, 3.05) is 12.3 Å². The maximum atomic E-state index is 12.5. The number of rotatable bonds is 1. The summed E-state index contributed by atoms with van der Waals surface area (Å²) in [6.45, 7) is 1.35. The van der Waals surface area contributed by atoms with Crippen molar-refractivity contribution in [1.82, 2.24) is 4.90 Å². The average molecular weight is 287 g/mol. The molecule has 0 aromatic heterocycles. The first-order chi connectivity index (χ1) is 9.63. The fraction of sp³-hybridized carbons (Fsp3) is 0.188. The van der Waals surface area contributed by atoms with Gasteiger partial charge in [-0.25, -0.2) is 0 Å². The van der Waals surface area contributed by atoms with Gasteiger partial charge in [0, 0.05) is 29.4 Å². The van der Waals surface area contributed by atoms with E-state index >= 15 is 0 Å². The Labute approximate surface area is 123 Å². The SMILES string of the molecule is Nc1ccc2c(c1)CN(C(=O)c1ccc(Cl)cc1)CC2. The molecule has 4 heteroatoms. The number of hydrogen-bond donors (Lipinski definition) is 1. The normalized spacial score (nSPS) is 13.9. The molecular weight excluding hydrogens is 272 g/mol. The van der Waals surface area contributed by atoms with E-state index in [0.717, 1.165) is 24.2 Å². The average Bonchev–Trinajstić information content (AvgIpc) is 2.46. The van der Waals surface area contributed by atoms with Gasteiger partial charge in [-0.05, 0) is 53.9 Å². The van der Waals surface area contributed by atoms with Gasteiger partial charge in [0.15, 0.2) is 0 Å². The summed E-state index contributed by atoms with van der Waals surface area (Å²) in [5.74, 6) is 0.0368. The molecule has 0 aliphatic carbocycles. The lowest BCUT2D eigenvalue weighted by Crippen LogP contribution is -2.35. The second kappa shape index (κ2) is 5.17. The minimum atomic E-state index is 0.0368. The fourth-order valence-corrected chi connectivity index (χ4v) is 2.65. The molecule has 2 aromatic carbocycles. The molecule has 3 rings (SSSR count). The molecule has 0 unspecified atom stereocenters. The Morgan fingerprint density at radius 3 is 2.60 bits per heavy atom. The molecule has 0 spiro atoms. The monoisotopic (exact) mass is 286 g/mol. The summed E-state index contributed by atoms with van der Waals surface area (Å²) in [6, 6.07) is 12.9. The highest BCUT2D eigenvalue weighted by Gasteiger charge is 2.21. The number of carbonyl (C=O) groups is 1. The molecule has 1 aliphatic heterocycles. The zero-order valence-electron chi connectivity index (χ0n) is 11.0. The molecule has 0 bridgehead atoms. The van der Waals surface area contributed by atoms with Gasteiger partial charge in [-0.15, -0.1) is 0 Å². The lowest BCUT2D eigenvalue weighted by Gasteiger charge is -2.29. The van der Waals surface area contributed by atoms with Crippen LogP contribution in [0.5, 0.6) is 0 Å². The van der Waals surface area contributed by atoms with Gasteiger partial charge in [0.1, 0.15) is 0 Å². The van der Waals surface area contributed by atoms with Crippen LogP contribution in [0, 0.1) is 0 Å². The summed E-state index contributed by atoms with van der Waals surface area (Å²) in [4.78, 5) is 14.3. The zero-order valence-corrected chi connectivity index (χ0v) is 11.7. The van der Waals surface area contributed by atoms with Crippen molar-refractivity contribution in [2.24, 2.45) is 0 Å². The number of anilines is 1. The number of benzene rings is 2. The van der Waals surface area contributed by atoms with E-state index in [1.165, 1.54) is 5.56 Å². The predicted octanol–water partition coefficient (Wildman–Crippen LogP) is 3.12. The molecule has 0 fully saturated rings. The first-order valence-electron chi connectivity index (χ1n) is 6.55. The molecule has 1 heterocycles. The van der Waals surface area contributed by atoms with E-state index in [9.17, 15) is 4.79 Å². The van der Waals surface area contributed by atoms with E-state index in [-0.39, 0.29) is 5.91 Å². The molecule has 0 saturated heterocycles. The maximum absolute atomic E-state index is 12.5. The summed E-state index contributed by atoms with van der Waals surface area (Å²) in [6.07, 6.45) is 0.870. The molecule has 20 heavy (non-hydrogen) atoms. The van der Waals surface area contributed by atoms with Crippen LogP contribution in [0.2, 0.25) is 5.02 Å². The van der Waals surface area contributed by atoms with Crippen LogP contribution in [-0.4, -0.2) is 17.4 Å². The molecule has 0 atom stereocenters. The second-order valence-corrected chi connectivity index (χ2v) is 5.45. The van der Waals surface area contributed by atoms with Crippen LogP contribution >= 0.6 is 11.6 Å². The van der Waals surface area contributed by atoms with Crippen molar-refractivity contribution < 1.29 is 4.79 Å². The van der Waals surface area contributed by atoms with Gasteiger partial charge in [-0.3, -0.25) is 4.79 Å². The Morgan fingerprint density at radius 1 is 1.10 bits per heavy atom. The number of fused-ring (bicyclic) bond motifs is 1. The van der Waals surface area contributed by atoms with E-state index in [2.05, 4.69) is 6.07 Å². The number of halogens is 1. The van der Waals surface area contributed by atoms with E-state index in [4.69, 9.17) is 17.3 Å². The van der Waals surface area contributed by atoms with Crippen LogP contribution < -0.4 is 5.73 Å². The second-order valence-electron chi connectivity index (χ2n) is 5.01. The van der Waals surface area contributed by atoms with Gasteiger partial charge >= 0.3 is 0 Å². The maximum Gasteiger partial charge on any atom is 0.254 e. The van der Waals surface area contributed by atoms with Crippen LogP contribution in [0.25, 0.3) is 0 Å². The van der Waals surface area contributed by atoms with Crippen molar-refractivity contribution in [3.05, 3.63) is 64.2 Å². The standard InChI is InChI=1S/C16H15ClN2O/c17-14-4-1-12(2-5-14)16(20)19-8-7-11-3-6-15(18)9-13(11)10-19/h1-6,9H,7-8,10,18H2. The highest BCUT2D eigenvalue weighted by Crippen LogP contribution is 2.23. The third-order valence-corrected chi connectivity index (χ3v) is 3.87. The quantitative estimate of drug-likeness (QED) is 0.819. The lowest BCUT2D eigenvalue weighted by molar-refractivity contribution is 0.0735. The van der Waals surface area contributed by atoms with Gasteiger partial charge in [0.2, 0.25) is 0 Å². The largest absolute Gasteiger partial charge is 0.399 e. The van der Waals surface area contributed by atoms with E-state index in [1.807, 2.05) is 17.0 Å². The molecule has 1 amide bonds. The van der Waals surface area contributed by atoms with Gasteiger partial charge in [-0.2, -0.15) is 0 Å². The minimum absolute atomic E-state index is 0.0368. The number of nitrogen functional groups attached to an aromatic ring is 1. The summed E-state index contributed by atoms with van der Waals surface area (Å²) >= 11 is 5.85. The van der Waals surface area contributed by atoms with Crippen molar-refractivity contribution in [2.45, 2.75) is 13.0 Å². The van der Waals surface area contributed by atoms with E-state index in [1.54, 1.807) is 24.3 Å². The first kappa shape index (κ1) is 13.0. The molecule has 102 valence electrons. The Hall–Kier alpha value is -2.00. The summed E-state index contributed by atoms with van der Waals surface area (Å²) in [5.41, 5.74) is 9.64. The van der Waals surface area contributed by atoms with Gasteiger partial charge in [-0.1, -0.05) is 17.7 Å². The van der Waals surface area contributed by atoms with Crippen molar-refractivity contribution in [3.8, 4) is 0 Å².